The van der Waals surface area contributed by atoms with Crippen LogP contribution in [0.1, 0.15) is 23.3 Å². The Kier molecular flexibility index (Phi) is 6.37. The van der Waals surface area contributed by atoms with Crippen LogP contribution in [0, 0.1) is 0 Å². The van der Waals surface area contributed by atoms with Gasteiger partial charge in [0.2, 0.25) is 0 Å². The zero-order valence-electron chi connectivity index (χ0n) is 18.1. The lowest BCUT2D eigenvalue weighted by molar-refractivity contribution is -0.138. The Hall–Kier alpha value is -3.78. The van der Waals surface area contributed by atoms with Crippen LogP contribution in [-0.2, 0) is 15.1 Å². The van der Waals surface area contributed by atoms with Crippen LogP contribution < -0.4 is 15.5 Å². The molecule has 3 aromatic rings. The SMILES string of the molecule is COc1cccc(C2(C)NC(=O)N(NC(=O)C(Sc3ccccc3)c3ccccc3)C2=O)c1. The molecule has 1 aliphatic rings. The molecule has 33 heavy (non-hydrogen) atoms. The molecule has 0 spiro atoms. The fraction of sp³-hybridized carbons (Fsp3) is 0.160. The molecule has 1 heterocycles. The number of ether oxygens (including phenoxy) is 1. The van der Waals surface area contributed by atoms with Crippen LogP contribution in [0.2, 0.25) is 0 Å². The van der Waals surface area contributed by atoms with Gasteiger partial charge in [-0.25, -0.2) is 4.79 Å². The molecule has 0 radical (unpaired) electrons. The van der Waals surface area contributed by atoms with Crippen molar-refractivity contribution in [1.82, 2.24) is 15.8 Å². The number of imide groups is 1. The number of nitrogens with one attached hydrogen (secondary N) is 2. The second-order valence-corrected chi connectivity index (χ2v) is 8.80. The van der Waals surface area contributed by atoms with Gasteiger partial charge >= 0.3 is 6.03 Å². The highest BCUT2D eigenvalue weighted by atomic mass is 32.2. The summed E-state index contributed by atoms with van der Waals surface area (Å²) in [5, 5.41) is 2.78. The third kappa shape index (κ3) is 4.56. The molecule has 0 saturated carbocycles. The number of carbonyl (C=O) groups is 3. The number of methoxy groups -OCH3 is 1. The number of carbonyl (C=O) groups excluding carboxylic acids is 3. The fourth-order valence-corrected chi connectivity index (χ4v) is 4.61. The predicted octanol–water partition coefficient (Wildman–Crippen LogP) is 4.03. The number of hydrogen-bond donors (Lipinski definition) is 2. The van der Waals surface area contributed by atoms with Crippen molar-refractivity contribution in [3.8, 4) is 5.75 Å². The summed E-state index contributed by atoms with van der Waals surface area (Å²) in [7, 11) is 1.52. The smallest absolute Gasteiger partial charge is 0.344 e. The summed E-state index contributed by atoms with van der Waals surface area (Å²) in [4.78, 5) is 40.2. The molecule has 0 aromatic heterocycles. The lowest BCUT2D eigenvalue weighted by Crippen LogP contribution is -2.49. The Morgan fingerprint density at radius 3 is 2.33 bits per heavy atom. The third-order valence-corrected chi connectivity index (χ3v) is 6.66. The molecule has 1 fully saturated rings. The van der Waals surface area contributed by atoms with Gasteiger partial charge in [0.25, 0.3) is 11.8 Å². The first-order valence-corrected chi connectivity index (χ1v) is 11.2. The second kappa shape index (κ2) is 9.38. The van der Waals surface area contributed by atoms with Gasteiger partial charge in [-0.3, -0.25) is 15.0 Å². The molecular weight excluding hydrogens is 438 g/mol. The van der Waals surface area contributed by atoms with E-state index in [0.29, 0.717) is 11.3 Å². The van der Waals surface area contributed by atoms with Crippen molar-refractivity contribution in [3.63, 3.8) is 0 Å². The monoisotopic (exact) mass is 461 g/mol. The van der Waals surface area contributed by atoms with E-state index in [-0.39, 0.29) is 0 Å². The van der Waals surface area contributed by atoms with Crippen LogP contribution in [0.5, 0.6) is 5.75 Å². The molecule has 2 unspecified atom stereocenters. The number of hydrazine groups is 1. The minimum atomic E-state index is -1.34. The Morgan fingerprint density at radius 1 is 1.00 bits per heavy atom. The normalized spacial score (nSPS) is 18.5. The van der Waals surface area contributed by atoms with Gasteiger partial charge in [-0.2, -0.15) is 5.01 Å². The highest BCUT2D eigenvalue weighted by Crippen LogP contribution is 2.36. The van der Waals surface area contributed by atoms with Crippen molar-refractivity contribution in [2.45, 2.75) is 22.6 Å². The number of hydrogen-bond acceptors (Lipinski definition) is 5. The summed E-state index contributed by atoms with van der Waals surface area (Å²) in [6.45, 7) is 1.60. The van der Waals surface area contributed by atoms with E-state index in [1.54, 1.807) is 31.2 Å². The maximum absolute atomic E-state index is 13.3. The zero-order chi connectivity index (χ0) is 23.4. The molecule has 0 aliphatic carbocycles. The molecule has 168 valence electrons. The van der Waals surface area contributed by atoms with E-state index in [1.807, 2.05) is 60.7 Å². The lowest BCUT2D eigenvalue weighted by atomic mass is 9.92. The first-order valence-electron chi connectivity index (χ1n) is 10.3. The second-order valence-electron chi connectivity index (χ2n) is 7.63. The van der Waals surface area contributed by atoms with Gasteiger partial charge in [-0.15, -0.1) is 11.8 Å². The Balaban J connectivity index is 1.59. The van der Waals surface area contributed by atoms with E-state index in [9.17, 15) is 14.4 Å². The number of thioether (sulfide) groups is 1. The summed E-state index contributed by atoms with van der Waals surface area (Å²) >= 11 is 1.34. The van der Waals surface area contributed by atoms with Gasteiger partial charge in [0.15, 0.2) is 0 Å². The first-order chi connectivity index (χ1) is 15.9. The van der Waals surface area contributed by atoms with Gasteiger partial charge in [0.1, 0.15) is 16.5 Å². The van der Waals surface area contributed by atoms with Crippen molar-refractivity contribution < 1.29 is 19.1 Å². The summed E-state index contributed by atoms with van der Waals surface area (Å²) in [6, 6.07) is 24.9. The Bertz CT molecular complexity index is 1170. The molecular formula is C25H23N3O4S. The molecule has 1 aliphatic heterocycles. The van der Waals surface area contributed by atoms with Crippen LogP contribution in [0.15, 0.2) is 89.8 Å². The highest BCUT2D eigenvalue weighted by molar-refractivity contribution is 8.00. The molecule has 7 nitrogen and oxygen atoms in total. The maximum Gasteiger partial charge on any atom is 0.344 e. The quantitative estimate of drug-likeness (QED) is 0.410. The van der Waals surface area contributed by atoms with Crippen LogP contribution in [0.4, 0.5) is 4.79 Å². The van der Waals surface area contributed by atoms with E-state index in [1.165, 1.54) is 18.9 Å². The van der Waals surface area contributed by atoms with Crippen molar-refractivity contribution >= 4 is 29.6 Å². The topological polar surface area (TPSA) is 87.7 Å². The molecule has 4 rings (SSSR count). The number of amides is 4. The zero-order valence-corrected chi connectivity index (χ0v) is 19.0. The van der Waals surface area contributed by atoms with Crippen LogP contribution in [0.25, 0.3) is 0 Å². The van der Waals surface area contributed by atoms with Crippen molar-refractivity contribution in [3.05, 3.63) is 96.1 Å². The van der Waals surface area contributed by atoms with Gasteiger partial charge in [-0.05, 0) is 42.3 Å². The molecule has 3 aromatic carbocycles. The highest BCUT2D eigenvalue weighted by Gasteiger charge is 2.50. The summed E-state index contributed by atoms with van der Waals surface area (Å²) in [6.07, 6.45) is 0. The molecule has 0 bridgehead atoms. The summed E-state index contributed by atoms with van der Waals surface area (Å²) < 4.78 is 5.24. The van der Waals surface area contributed by atoms with Crippen LogP contribution >= 0.6 is 11.8 Å². The van der Waals surface area contributed by atoms with E-state index >= 15 is 0 Å². The van der Waals surface area contributed by atoms with Crippen molar-refractivity contribution in [2.75, 3.05) is 7.11 Å². The average Bonchev–Trinajstić information content (AvgIpc) is 3.07. The maximum atomic E-state index is 13.3. The summed E-state index contributed by atoms with van der Waals surface area (Å²) in [5.41, 5.74) is 2.50. The van der Waals surface area contributed by atoms with E-state index < -0.39 is 28.6 Å². The number of urea groups is 1. The first kappa shape index (κ1) is 22.4. The summed E-state index contributed by atoms with van der Waals surface area (Å²) in [5.74, 6) is -0.499. The van der Waals surface area contributed by atoms with Gasteiger partial charge in [0.05, 0.1) is 7.11 Å². The van der Waals surface area contributed by atoms with Gasteiger partial charge in [0, 0.05) is 4.90 Å². The van der Waals surface area contributed by atoms with Gasteiger partial charge < -0.3 is 10.1 Å². The Labute approximate surface area is 196 Å². The minimum absolute atomic E-state index is 0.478. The van der Waals surface area contributed by atoms with Gasteiger partial charge in [-0.1, -0.05) is 60.7 Å². The minimum Gasteiger partial charge on any atom is -0.497 e. The van der Waals surface area contributed by atoms with Crippen LogP contribution in [-0.4, -0.2) is 30.0 Å². The van der Waals surface area contributed by atoms with Crippen molar-refractivity contribution in [1.29, 1.82) is 0 Å². The van der Waals surface area contributed by atoms with Crippen molar-refractivity contribution in [2.24, 2.45) is 0 Å². The molecule has 2 atom stereocenters. The number of benzene rings is 3. The molecule has 1 saturated heterocycles. The molecule has 8 heteroatoms. The fourth-order valence-electron chi connectivity index (χ4n) is 3.58. The number of nitrogens with zero attached hydrogens (tertiary/aromatic N) is 1. The lowest BCUT2D eigenvalue weighted by Gasteiger charge is -2.23. The number of rotatable bonds is 7. The largest absolute Gasteiger partial charge is 0.497 e. The molecule has 4 amide bonds. The molecule has 2 N–H and O–H groups in total. The standard InChI is InChI=1S/C25H23N3O4S/c1-25(18-12-9-13-19(16-18)32-2)23(30)28(24(31)26-25)27-22(29)21(17-10-5-3-6-11-17)33-20-14-7-4-8-15-20/h3-16,21H,1-2H3,(H,26,31)(H,27,29). The van der Waals surface area contributed by atoms with E-state index in [0.717, 1.165) is 15.5 Å². The van der Waals surface area contributed by atoms with E-state index in [4.69, 9.17) is 4.74 Å². The third-order valence-electron chi connectivity index (χ3n) is 5.40. The average molecular weight is 462 g/mol. The van der Waals surface area contributed by atoms with E-state index in [2.05, 4.69) is 10.7 Å². The predicted molar refractivity (Wildman–Crippen MR) is 125 cm³/mol. The Morgan fingerprint density at radius 2 is 1.67 bits per heavy atom. The van der Waals surface area contributed by atoms with Crippen LogP contribution in [0.3, 0.4) is 0 Å².